The molecule has 2 bridgehead atoms. The molecule has 3 rings (SSSR count). The van der Waals surface area contributed by atoms with Crippen molar-refractivity contribution in [3.63, 3.8) is 0 Å². The highest BCUT2D eigenvalue weighted by Gasteiger charge is 2.49. The molecule has 1 nitrogen and oxygen atoms in total. The zero-order valence-corrected chi connectivity index (χ0v) is 7.58. The molecule has 0 aromatic rings. The van der Waals surface area contributed by atoms with Gasteiger partial charge in [-0.25, -0.2) is 0 Å². The Morgan fingerprint density at radius 3 is 2.33 bits per heavy atom. The lowest BCUT2D eigenvalue weighted by Crippen LogP contribution is -2.31. The van der Waals surface area contributed by atoms with E-state index in [0.717, 1.165) is 36.5 Å². The Labute approximate surface area is 74.2 Å². The maximum Gasteiger partial charge on any atom is 0.0543 e. The van der Waals surface area contributed by atoms with E-state index < -0.39 is 0 Å². The third kappa shape index (κ3) is 0.891. The van der Waals surface area contributed by atoms with Gasteiger partial charge in [-0.1, -0.05) is 0 Å². The van der Waals surface area contributed by atoms with E-state index in [0.29, 0.717) is 0 Å². The highest BCUT2D eigenvalue weighted by Crippen LogP contribution is 2.57. The van der Waals surface area contributed by atoms with E-state index in [-0.39, 0.29) is 6.10 Å². The van der Waals surface area contributed by atoms with E-state index in [4.69, 9.17) is 0 Å². The lowest BCUT2D eigenvalue weighted by Gasteiger charge is -2.37. The summed E-state index contributed by atoms with van der Waals surface area (Å²) in [6.45, 7) is 0. The fraction of sp³-hybridized carbons (Fsp3) is 1.00. The summed E-state index contributed by atoms with van der Waals surface area (Å²) in [6.07, 6.45) is 8.07. The molecule has 3 saturated carbocycles. The molecule has 1 heteroatoms. The largest absolute Gasteiger partial charge is 0.393 e. The average Bonchev–Trinajstić information content (AvgIpc) is 2.63. The van der Waals surface area contributed by atoms with Crippen molar-refractivity contribution in [2.45, 2.75) is 44.6 Å². The minimum Gasteiger partial charge on any atom is -0.393 e. The molecule has 0 spiro atoms. The summed E-state index contributed by atoms with van der Waals surface area (Å²) in [5.41, 5.74) is 0. The van der Waals surface area contributed by atoms with Gasteiger partial charge in [-0.2, -0.15) is 0 Å². The highest BCUT2D eigenvalue weighted by molar-refractivity contribution is 4.99. The third-order valence-electron chi connectivity index (χ3n) is 4.65. The van der Waals surface area contributed by atoms with Crippen molar-refractivity contribution in [3.05, 3.63) is 0 Å². The van der Waals surface area contributed by atoms with Crippen LogP contribution in [-0.4, -0.2) is 11.2 Å². The summed E-state index contributed by atoms with van der Waals surface area (Å²) in [7, 11) is 0. The van der Waals surface area contributed by atoms with Gasteiger partial charge in [0.25, 0.3) is 0 Å². The maximum atomic E-state index is 9.58. The lowest BCUT2D eigenvalue weighted by molar-refractivity contribution is 0.0437. The molecule has 0 heterocycles. The van der Waals surface area contributed by atoms with Crippen molar-refractivity contribution < 1.29 is 5.11 Å². The van der Waals surface area contributed by atoms with Gasteiger partial charge in [0.2, 0.25) is 0 Å². The minimum absolute atomic E-state index is 0.0469. The first kappa shape index (κ1) is 7.37. The molecule has 3 fully saturated rings. The SMILES string of the molecule is OC1CCC2C3CCC(C3)C2C1. The molecule has 12 heavy (non-hydrogen) atoms. The van der Waals surface area contributed by atoms with Gasteiger partial charge in [0.05, 0.1) is 6.10 Å². The Balaban J connectivity index is 1.81. The molecule has 0 aromatic carbocycles. The average molecular weight is 166 g/mol. The van der Waals surface area contributed by atoms with Gasteiger partial charge in [0.1, 0.15) is 0 Å². The van der Waals surface area contributed by atoms with Crippen molar-refractivity contribution in [1.82, 2.24) is 0 Å². The first-order valence-corrected chi connectivity index (χ1v) is 5.52. The molecule has 3 aliphatic rings. The van der Waals surface area contributed by atoms with E-state index in [1.54, 1.807) is 0 Å². The van der Waals surface area contributed by atoms with Gasteiger partial charge in [0, 0.05) is 0 Å². The van der Waals surface area contributed by atoms with E-state index in [1.165, 1.54) is 25.7 Å². The second-order valence-corrected chi connectivity index (χ2v) is 5.13. The summed E-state index contributed by atoms with van der Waals surface area (Å²) in [4.78, 5) is 0. The Kier molecular flexibility index (Phi) is 1.52. The van der Waals surface area contributed by atoms with Gasteiger partial charge in [0.15, 0.2) is 0 Å². The standard InChI is InChI=1S/C11H18O/c12-9-3-4-10-7-1-2-8(5-7)11(10)6-9/h7-12H,1-6H2. The molecular formula is C11H18O. The van der Waals surface area contributed by atoms with E-state index >= 15 is 0 Å². The normalized spacial score (nSPS) is 57.2. The lowest BCUT2D eigenvalue weighted by atomic mass is 9.70. The molecule has 5 atom stereocenters. The van der Waals surface area contributed by atoms with Gasteiger partial charge < -0.3 is 5.11 Å². The second kappa shape index (κ2) is 2.47. The Morgan fingerprint density at radius 1 is 0.750 bits per heavy atom. The van der Waals surface area contributed by atoms with Gasteiger partial charge >= 0.3 is 0 Å². The second-order valence-electron chi connectivity index (χ2n) is 5.13. The van der Waals surface area contributed by atoms with Crippen LogP contribution in [0.1, 0.15) is 38.5 Å². The van der Waals surface area contributed by atoms with Crippen LogP contribution >= 0.6 is 0 Å². The smallest absolute Gasteiger partial charge is 0.0543 e. The minimum atomic E-state index is 0.0469. The van der Waals surface area contributed by atoms with E-state index in [9.17, 15) is 5.11 Å². The molecule has 0 amide bonds. The number of hydrogen-bond donors (Lipinski definition) is 1. The number of hydrogen-bond acceptors (Lipinski definition) is 1. The van der Waals surface area contributed by atoms with Gasteiger partial charge in [-0.05, 0) is 62.2 Å². The highest BCUT2D eigenvalue weighted by atomic mass is 16.3. The third-order valence-corrected chi connectivity index (χ3v) is 4.65. The molecule has 0 aliphatic heterocycles. The van der Waals surface area contributed by atoms with E-state index in [1.807, 2.05) is 0 Å². The van der Waals surface area contributed by atoms with Crippen LogP contribution in [0.15, 0.2) is 0 Å². The van der Waals surface area contributed by atoms with Crippen LogP contribution in [0.2, 0.25) is 0 Å². The molecule has 3 aliphatic carbocycles. The zero-order chi connectivity index (χ0) is 8.13. The fourth-order valence-corrected chi connectivity index (χ4v) is 4.16. The summed E-state index contributed by atoms with van der Waals surface area (Å²) in [5.74, 6) is 4.02. The Morgan fingerprint density at radius 2 is 1.50 bits per heavy atom. The molecule has 5 unspecified atom stereocenters. The number of fused-ring (bicyclic) bond motifs is 5. The monoisotopic (exact) mass is 166 g/mol. The van der Waals surface area contributed by atoms with Crippen LogP contribution < -0.4 is 0 Å². The molecule has 0 saturated heterocycles. The van der Waals surface area contributed by atoms with E-state index in [2.05, 4.69) is 0 Å². The van der Waals surface area contributed by atoms with Crippen LogP contribution in [0.4, 0.5) is 0 Å². The summed E-state index contributed by atoms with van der Waals surface area (Å²) in [5, 5.41) is 9.58. The Hall–Kier alpha value is -0.0400. The fourth-order valence-electron chi connectivity index (χ4n) is 4.16. The molecule has 0 radical (unpaired) electrons. The number of rotatable bonds is 0. The van der Waals surface area contributed by atoms with Gasteiger partial charge in [-0.15, -0.1) is 0 Å². The summed E-state index contributed by atoms with van der Waals surface area (Å²) in [6, 6.07) is 0. The van der Waals surface area contributed by atoms with Gasteiger partial charge in [-0.3, -0.25) is 0 Å². The predicted molar refractivity (Wildman–Crippen MR) is 47.7 cm³/mol. The summed E-state index contributed by atoms with van der Waals surface area (Å²) < 4.78 is 0. The van der Waals surface area contributed by atoms with Crippen LogP contribution in [0.5, 0.6) is 0 Å². The maximum absolute atomic E-state index is 9.58. The van der Waals surface area contributed by atoms with Crippen LogP contribution in [-0.2, 0) is 0 Å². The zero-order valence-electron chi connectivity index (χ0n) is 7.58. The van der Waals surface area contributed by atoms with Crippen LogP contribution in [0.3, 0.4) is 0 Å². The number of aliphatic hydroxyl groups excluding tert-OH is 1. The topological polar surface area (TPSA) is 20.2 Å². The quantitative estimate of drug-likeness (QED) is 0.585. The van der Waals surface area contributed by atoms with Crippen molar-refractivity contribution in [2.75, 3.05) is 0 Å². The molecule has 68 valence electrons. The first-order chi connectivity index (χ1) is 5.84. The summed E-state index contributed by atoms with van der Waals surface area (Å²) >= 11 is 0. The predicted octanol–water partition coefficient (Wildman–Crippen LogP) is 2.19. The van der Waals surface area contributed by atoms with Crippen molar-refractivity contribution in [1.29, 1.82) is 0 Å². The van der Waals surface area contributed by atoms with Crippen molar-refractivity contribution in [2.24, 2.45) is 23.7 Å². The van der Waals surface area contributed by atoms with Crippen LogP contribution in [0.25, 0.3) is 0 Å². The number of aliphatic hydroxyl groups is 1. The molecular weight excluding hydrogens is 148 g/mol. The molecule has 1 N–H and O–H groups in total. The van der Waals surface area contributed by atoms with Crippen molar-refractivity contribution in [3.8, 4) is 0 Å². The first-order valence-electron chi connectivity index (χ1n) is 5.52. The Bertz CT molecular complexity index is 189. The van der Waals surface area contributed by atoms with Crippen molar-refractivity contribution >= 4 is 0 Å². The van der Waals surface area contributed by atoms with Crippen LogP contribution in [0, 0.1) is 23.7 Å². The molecule has 0 aromatic heterocycles.